The zero-order valence-corrected chi connectivity index (χ0v) is 10.7. The van der Waals surface area contributed by atoms with Crippen LogP contribution in [0.4, 0.5) is 8.78 Å². The molecule has 1 aromatic heterocycles. The van der Waals surface area contributed by atoms with Crippen LogP contribution >= 0.6 is 11.3 Å². The Balaban J connectivity index is 1.80. The first-order valence-corrected chi connectivity index (χ1v) is 7.03. The summed E-state index contributed by atoms with van der Waals surface area (Å²) in [7, 11) is 0. The molecule has 1 aromatic rings. The van der Waals surface area contributed by atoms with E-state index in [1.165, 1.54) is 4.88 Å². The van der Waals surface area contributed by atoms with Crippen molar-refractivity contribution in [2.75, 3.05) is 6.54 Å². The third kappa shape index (κ3) is 2.04. The molecule has 1 aliphatic carbocycles. The second kappa shape index (κ2) is 4.29. The van der Waals surface area contributed by atoms with Crippen LogP contribution in [0.5, 0.6) is 0 Å². The molecule has 2 nitrogen and oxygen atoms in total. The molecule has 1 saturated carbocycles. The minimum Gasteiger partial charge on any atom is -0.312 e. The van der Waals surface area contributed by atoms with E-state index in [1.807, 2.05) is 0 Å². The van der Waals surface area contributed by atoms with Gasteiger partial charge >= 0.3 is 0 Å². The summed E-state index contributed by atoms with van der Waals surface area (Å²) in [6.07, 6.45) is 1.57. The van der Waals surface area contributed by atoms with Gasteiger partial charge in [-0.15, -0.1) is 11.3 Å². The fraction of sp³-hybridized carbons (Fsp3) is 0.615. The van der Waals surface area contributed by atoms with Gasteiger partial charge in [-0.3, -0.25) is 0 Å². The topological polar surface area (TPSA) is 35.8 Å². The van der Waals surface area contributed by atoms with Gasteiger partial charge in [0.1, 0.15) is 6.07 Å². The Kier molecular flexibility index (Phi) is 2.87. The third-order valence-electron chi connectivity index (χ3n) is 3.75. The van der Waals surface area contributed by atoms with E-state index >= 15 is 0 Å². The summed E-state index contributed by atoms with van der Waals surface area (Å²) in [5.41, 5.74) is 1.85. The van der Waals surface area contributed by atoms with Crippen LogP contribution in [0.15, 0.2) is 0 Å². The lowest BCUT2D eigenvalue weighted by Crippen LogP contribution is -2.36. The second-order valence-corrected chi connectivity index (χ2v) is 6.36. The largest absolute Gasteiger partial charge is 0.312 e. The number of nitrogens with one attached hydrogen (secondary N) is 1. The van der Waals surface area contributed by atoms with Crippen molar-refractivity contribution in [1.82, 2.24) is 5.32 Å². The fourth-order valence-electron chi connectivity index (χ4n) is 2.84. The average Bonchev–Trinajstić information content (AvgIpc) is 2.63. The molecular weight excluding hydrogens is 254 g/mol. The van der Waals surface area contributed by atoms with E-state index in [2.05, 4.69) is 11.4 Å². The number of hydrogen-bond donors (Lipinski definition) is 1. The van der Waals surface area contributed by atoms with E-state index in [9.17, 15) is 14.0 Å². The lowest BCUT2D eigenvalue weighted by atomic mass is 9.78. The van der Waals surface area contributed by atoms with Crippen molar-refractivity contribution < 1.29 is 8.78 Å². The number of fused-ring (bicyclic) bond motifs is 1. The molecule has 0 unspecified atom stereocenters. The van der Waals surface area contributed by atoms with Crippen LogP contribution in [0.3, 0.4) is 0 Å². The van der Waals surface area contributed by atoms with Crippen LogP contribution in [-0.2, 0) is 19.4 Å². The van der Waals surface area contributed by atoms with Crippen LogP contribution in [0.25, 0.3) is 0 Å². The molecule has 0 aromatic carbocycles. The number of halogens is 2. The van der Waals surface area contributed by atoms with Crippen molar-refractivity contribution in [3.8, 4) is 6.07 Å². The maximum absolute atomic E-state index is 12.8. The summed E-state index contributed by atoms with van der Waals surface area (Å²) in [6, 6.07) is 2.26. The molecule has 1 aliphatic heterocycles. The van der Waals surface area contributed by atoms with Crippen molar-refractivity contribution in [2.45, 2.75) is 38.2 Å². The third-order valence-corrected chi connectivity index (χ3v) is 5.07. The number of hydrogen-bond acceptors (Lipinski definition) is 3. The molecule has 1 fully saturated rings. The molecule has 0 saturated heterocycles. The molecule has 0 radical (unpaired) electrons. The van der Waals surface area contributed by atoms with Gasteiger partial charge in [-0.1, -0.05) is 0 Å². The molecule has 2 heterocycles. The molecule has 0 atom stereocenters. The van der Waals surface area contributed by atoms with Crippen molar-refractivity contribution in [3.05, 3.63) is 20.9 Å². The quantitative estimate of drug-likeness (QED) is 0.895. The van der Waals surface area contributed by atoms with Crippen molar-refractivity contribution >= 4 is 11.3 Å². The van der Waals surface area contributed by atoms with Crippen molar-refractivity contribution in [2.24, 2.45) is 5.92 Å². The Morgan fingerprint density at radius 1 is 1.44 bits per heavy atom. The summed E-state index contributed by atoms with van der Waals surface area (Å²) in [6.45, 7) is 1.69. The Hall–Kier alpha value is -0.990. The molecule has 0 spiro atoms. The Labute approximate surface area is 109 Å². The number of nitriles is 1. The minimum absolute atomic E-state index is 0.0152. The molecule has 18 heavy (non-hydrogen) atoms. The number of alkyl halides is 2. The highest BCUT2D eigenvalue weighted by Gasteiger charge is 2.45. The lowest BCUT2D eigenvalue weighted by Gasteiger charge is -2.34. The van der Waals surface area contributed by atoms with Crippen LogP contribution in [-0.4, -0.2) is 12.5 Å². The first-order chi connectivity index (χ1) is 8.59. The molecule has 2 aliphatic rings. The van der Waals surface area contributed by atoms with Gasteiger partial charge in [-0.05, 0) is 24.3 Å². The molecular formula is C13H14F2N2S. The predicted octanol–water partition coefficient (Wildman–Crippen LogP) is 2.85. The first-order valence-electron chi connectivity index (χ1n) is 6.21. The monoisotopic (exact) mass is 268 g/mol. The van der Waals surface area contributed by atoms with Crippen LogP contribution < -0.4 is 5.32 Å². The van der Waals surface area contributed by atoms with Gasteiger partial charge in [0, 0.05) is 35.7 Å². The van der Waals surface area contributed by atoms with E-state index in [1.54, 1.807) is 11.3 Å². The Bertz CT molecular complexity index is 508. The smallest absolute Gasteiger partial charge is 0.248 e. The van der Waals surface area contributed by atoms with Crippen LogP contribution in [0.1, 0.15) is 33.7 Å². The lowest BCUT2D eigenvalue weighted by molar-refractivity contribution is -0.109. The summed E-state index contributed by atoms with van der Waals surface area (Å²) in [4.78, 5) is 2.29. The highest BCUT2D eigenvalue weighted by Crippen LogP contribution is 2.45. The van der Waals surface area contributed by atoms with E-state index in [0.717, 1.165) is 35.5 Å². The average molecular weight is 268 g/mol. The van der Waals surface area contributed by atoms with E-state index < -0.39 is 5.92 Å². The van der Waals surface area contributed by atoms with Gasteiger partial charge in [-0.25, -0.2) is 8.78 Å². The highest BCUT2D eigenvalue weighted by molar-refractivity contribution is 7.12. The Morgan fingerprint density at radius 2 is 2.22 bits per heavy atom. The second-order valence-electron chi connectivity index (χ2n) is 5.17. The van der Waals surface area contributed by atoms with E-state index in [4.69, 9.17) is 0 Å². The van der Waals surface area contributed by atoms with Crippen LogP contribution in [0, 0.1) is 17.2 Å². The minimum atomic E-state index is -2.46. The SMILES string of the molecule is N#Cc1c(CC2CC(F)(F)C2)sc2c1CNCC2. The molecule has 5 heteroatoms. The maximum Gasteiger partial charge on any atom is 0.248 e. The van der Waals surface area contributed by atoms with E-state index in [-0.39, 0.29) is 18.8 Å². The van der Waals surface area contributed by atoms with Gasteiger partial charge in [-0.2, -0.15) is 5.26 Å². The standard InChI is InChI=1S/C13H14F2N2S/c14-13(15)4-8(5-13)3-12-9(6-16)10-7-17-2-1-11(10)18-12/h8,17H,1-5,7H2. The zero-order chi connectivity index (χ0) is 12.8. The van der Waals surface area contributed by atoms with E-state index in [0.29, 0.717) is 6.42 Å². The van der Waals surface area contributed by atoms with Gasteiger partial charge in [0.15, 0.2) is 0 Å². The summed E-state index contributed by atoms with van der Waals surface area (Å²) in [5, 5.41) is 12.5. The molecule has 1 N–H and O–H groups in total. The molecule has 96 valence electrons. The fourth-order valence-corrected chi connectivity index (χ4v) is 4.23. The zero-order valence-electron chi connectivity index (χ0n) is 9.93. The van der Waals surface area contributed by atoms with Gasteiger partial charge < -0.3 is 5.32 Å². The van der Waals surface area contributed by atoms with Gasteiger partial charge in [0.2, 0.25) is 5.92 Å². The first kappa shape index (κ1) is 12.1. The summed E-state index contributed by atoms with van der Waals surface area (Å²) >= 11 is 1.66. The predicted molar refractivity (Wildman–Crippen MR) is 65.8 cm³/mol. The number of thiophene rings is 1. The van der Waals surface area contributed by atoms with Crippen LogP contribution in [0.2, 0.25) is 0 Å². The number of rotatable bonds is 2. The van der Waals surface area contributed by atoms with Crippen molar-refractivity contribution in [3.63, 3.8) is 0 Å². The molecule has 0 bridgehead atoms. The summed E-state index contributed by atoms with van der Waals surface area (Å²) in [5.74, 6) is -2.41. The van der Waals surface area contributed by atoms with Gasteiger partial charge in [0.25, 0.3) is 0 Å². The van der Waals surface area contributed by atoms with Gasteiger partial charge in [0.05, 0.1) is 5.56 Å². The number of nitrogens with zero attached hydrogens (tertiary/aromatic N) is 1. The summed E-state index contributed by atoms with van der Waals surface area (Å²) < 4.78 is 25.7. The van der Waals surface area contributed by atoms with Crippen molar-refractivity contribution in [1.29, 1.82) is 5.26 Å². The highest BCUT2D eigenvalue weighted by atomic mass is 32.1. The maximum atomic E-state index is 12.8. The molecule has 0 amide bonds. The molecule has 3 rings (SSSR count). The Morgan fingerprint density at radius 3 is 2.89 bits per heavy atom. The normalized spacial score (nSPS) is 22.1.